The predicted octanol–water partition coefficient (Wildman–Crippen LogP) is 3.64. The maximum absolute atomic E-state index is 12.2. The van der Waals surface area contributed by atoms with Crippen LogP contribution in [-0.4, -0.2) is 12.5 Å². The van der Waals surface area contributed by atoms with Gasteiger partial charge in [-0.1, -0.05) is 22.0 Å². The molecular weight excluding hydrogens is 306 g/mol. The van der Waals surface area contributed by atoms with Gasteiger partial charge >= 0.3 is 0 Å². The van der Waals surface area contributed by atoms with E-state index in [1.54, 1.807) is 6.07 Å². The largest absolute Gasteiger partial charge is 0.493 e. The summed E-state index contributed by atoms with van der Waals surface area (Å²) in [5.41, 5.74) is 2.53. The van der Waals surface area contributed by atoms with E-state index in [0.29, 0.717) is 12.2 Å². The summed E-state index contributed by atoms with van der Waals surface area (Å²) in [5.74, 6) is 0.784. The molecule has 0 unspecified atom stereocenters. The summed E-state index contributed by atoms with van der Waals surface area (Å²) >= 11 is 3.38. The van der Waals surface area contributed by atoms with E-state index in [1.807, 2.05) is 36.4 Å². The number of halogens is 1. The Morgan fingerprint density at radius 3 is 2.95 bits per heavy atom. The number of amides is 1. The minimum absolute atomic E-state index is 0.104. The van der Waals surface area contributed by atoms with Crippen LogP contribution in [0.5, 0.6) is 5.75 Å². The van der Waals surface area contributed by atoms with Crippen molar-refractivity contribution in [1.82, 2.24) is 0 Å². The third-order valence-electron chi connectivity index (χ3n) is 3.03. The molecule has 2 aromatic carbocycles. The lowest BCUT2D eigenvalue weighted by atomic mass is 10.1. The van der Waals surface area contributed by atoms with Crippen molar-refractivity contribution in [3.8, 4) is 5.75 Å². The molecule has 19 heavy (non-hydrogen) atoms. The van der Waals surface area contributed by atoms with Crippen LogP contribution in [0.15, 0.2) is 46.9 Å². The number of carbonyl (C=O) groups is 1. The van der Waals surface area contributed by atoms with E-state index in [-0.39, 0.29) is 5.91 Å². The smallest absolute Gasteiger partial charge is 0.255 e. The van der Waals surface area contributed by atoms with Gasteiger partial charge in [0, 0.05) is 22.1 Å². The van der Waals surface area contributed by atoms with Crippen molar-refractivity contribution in [1.29, 1.82) is 0 Å². The fraction of sp³-hybridized carbons (Fsp3) is 0.133. The van der Waals surface area contributed by atoms with Crippen LogP contribution in [0.1, 0.15) is 15.9 Å². The molecule has 0 fully saturated rings. The molecule has 1 aliphatic heterocycles. The molecule has 1 heterocycles. The summed E-state index contributed by atoms with van der Waals surface area (Å²) < 4.78 is 6.37. The lowest BCUT2D eigenvalue weighted by Gasteiger charge is -2.07. The van der Waals surface area contributed by atoms with Crippen molar-refractivity contribution < 1.29 is 9.53 Å². The highest BCUT2D eigenvalue weighted by Gasteiger charge is 2.15. The Balaban J connectivity index is 1.81. The first-order valence-electron chi connectivity index (χ1n) is 6.05. The maximum Gasteiger partial charge on any atom is 0.255 e. The van der Waals surface area contributed by atoms with Crippen molar-refractivity contribution in [2.24, 2.45) is 0 Å². The van der Waals surface area contributed by atoms with E-state index in [0.717, 1.165) is 27.9 Å². The first kappa shape index (κ1) is 12.2. The number of benzene rings is 2. The van der Waals surface area contributed by atoms with Crippen molar-refractivity contribution >= 4 is 27.5 Å². The number of carbonyl (C=O) groups excluding carboxylic acids is 1. The van der Waals surface area contributed by atoms with E-state index >= 15 is 0 Å². The summed E-state index contributed by atoms with van der Waals surface area (Å²) in [5, 5.41) is 2.88. The molecule has 2 aromatic rings. The average Bonchev–Trinajstić information content (AvgIpc) is 2.85. The number of rotatable bonds is 2. The van der Waals surface area contributed by atoms with Crippen LogP contribution in [0, 0.1) is 0 Å². The van der Waals surface area contributed by atoms with Gasteiger partial charge in [0.15, 0.2) is 0 Å². The van der Waals surface area contributed by atoms with Gasteiger partial charge in [-0.2, -0.15) is 0 Å². The Morgan fingerprint density at radius 2 is 2.11 bits per heavy atom. The van der Waals surface area contributed by atoms with E-state index in [2.05, 4.69) is 21.2 Å². The van der Waals surface area contributed by atoms with Gasteiger partial charge in [0.25, 0.3) is 5.91 Å². The maximum atomic E-state index is 12.2. The van der Waals surface area contributed by atoms with Crippen LogP contribution in [0.3, 0.4) is 0 Å². The number of nitrogens with one attached hydrogen (secondary N) is 1. The molecule has 0 aliphatic carbocycles. The standard InChI is InChI=1S/C15H12BrNO2/c16-12-2-1-3-13(9-12)17-15(18)11-4-5-14-10(8-11)6-7-19-14/h1-5,8-9H,6-7H2,(H,17,18). The van der Waals surface area contributed by atoms with Crippen LogP contribution >= 0.6 is 15.9 Å². The number of ether oxygens (including phenoxy) is 1. The Hall–Kier alpha value is -1.81. The fourth-order valence-electron chi connectivity index (χ4n) is 2.10. The van der Waals surface area contributed by atoms with Gasteiger partial charge < -0.3 is 10.1 Å². The molecule has 0 aromatic heterocycles. The summed E-state index contributed by atoms with van der Waals surface area (Å²) in [7, 11) is 0. The predicted molar refractivity (Wildman–Crippen MR) is 77.7 cm³/mol. The Morgan fingerprint density at radius 1 is 1.21 bits per heavy atom. The molecule has 1 amide bonds. The average molecular weight is 318 g/mol. The van der Waals surface area contributed by atoms with Crippen molar-refractivity contribution in [2.75, 3.05) is 11.9 Å². The second kappa shape index (κ2) is 5.05. The number of hydrogen-bond acceptors (Lipinski definition) is 2. The Bertz CT molecular complexity index is 640. The Kier molecular flexibility index (Phi) is 3.25. The van der Waals surface area contributed by atoms with Crippen molar-refractivity contribution in [2.45, 2.75) is 6.42 Å². The van der Waals surface area contributed by atoms with Gasteiger partial charge in [0.05, 0.1) is 6.61 Å². The summed E-state index contributed by atoms with van der Waals surface area (Å²) in [6, 6.07) is 13.1. The highest BCUT2D eigenvalue weighted by molar-refractivity contribution is 9.10. The van der Waals surface area contributed by atoms with Crippen LogP contribution in [0.2, 0.25) is 0 Å². The molecule has 0 saturated heterocycles. The van der Waals surface area contributed by atoms with Gasteiger partial charge in [-0.05, 0) is 42.0 Å². The highest BCUT2D eigenvalue weighted by atomic mass is 79.9. The summed E-state index contributed by atoms with van der Waals surface area (Å²) in [6.45, 7) is 0.700. The van der Waals surface area contributed by atoms with Crippen LogP contribution in [0.4, 0.5) is 5.69 Å². The molecule has 96 valence electrons. The monoisotopic (exact) mass is 317 g/mol. The summed E-state index contributed by atoms with van der Waals surface area (Å²) in [6.07, 6.45) is 0.868. The zero-order valence-electron chi connectivity index (χ0n) is 10.2. The second-order valence-corrected chi connectivity index (χ2v) is 5.30. The normalized spacial score (nSPS) is 12.7. The number of fused-ring (bicyclic) bond motifs is 1. The molecule has 3 nitrogen and oxygen atoms in total. The zero-order valence-corrected chi connectivity index (χ0v) is 11.7. The fourth-order valence-corrected chi connectivity index (χ4v) is 2.50. The molecule has 1 aliphatic rings. The van der Waals surface area contributed by atoms with Crippen molar-refractivity contribution in [3.63, 3.8) is 0 Å². The number of anilines is 1. The van der Waals surface area contributed by atoms with E-state index in [9.17, 15) is 4.79 Å². The number of hydrogen-bond donors (Lipinski definition) is 1. The minimum atomic E-state index is -0.104. The van der Waals surface area contributed by atoms with E-state index < -0.39 is 0 Å². The lowest BCUT2D eigenvalue weighted by molar-refractivity contribution is 0.102. The molecule has 4 heteroatoms. The molecule has 0 radical (unpaired) electrons. The van der Waals surface area contributed by atoms with Crippen molar-refractivity contribution in [3.05, 3.63) is 58.1 Å². The topological polar surface area (TPSA) is 38.3 Å². The molecule has 0 spiro atoms. The highest BCUT2D eigenvalue weighted by Crippen LogP contribution is 2.26. The zero-order chi connectivity index (χ0) is 13.2. The minimum Gasteiger partial charge on any atom is -0.493 e. The SMILES string of the molecule is O=C(Nc1cccc(Br)c1)c1ccc2c(c1)CCO2. The van der Waals surface area contributed by atoms with Gasteiger partial charge in [0.1, 0.15) is 5.75 Å². The molecular formula is C15H12BrNO2. The van der Waals surface area contributed by atoms with Crippen LogP contribution in [-0.2, 0) is 6.42 Å². The quantitative estimate of drug-likeness (QED) is 0.918. The van der Waals surface area contributed by atoms with Gasteiger partial charge in [0.2, 0.25) is 0 Å². The lowest BCUT2D eigenvalue weighted by Crippen LogP contribution is -2.11. The second-order valence-electron chi connectivity index (χ2n) is 4.39. The first-order valence-corrected chi connectivity index (χ1v) is 6.84. The molecule has 0 bridgehead atoms. The van der Waals surface area contributed by atoms with Gasteiger partial charge in [-0.15, -0.1) is 0 Å². The van der Waals surface area contributed by atoms with Crippen LogP contribution in [0.25, 0.3) is 0 Å². The summed E-state index contributed by atoms with van der Waals surface area (Å²) in [4.78, 5) is 12.2. The molecule has 0 saturated carbocycles. The van der Waals surface area contributed by atoms with Crippen LogP contribution < -0.4 is 10.1 Å². The third kappa shape index (κ3) is 2.63. The molecule has 1 N–H and O–H groups in total. The Labute approximate surface area is 119 Å². The molecule has 3 rings (SSSR count). The van der Waals surface area contributed by atoms with Gasteiger partial charge in [-0.25, -0.2) is 0 Å². The van der Waals surface area contributed by atoms with E-state index in [4.69, 9.17) is 4.74 Å². The first-order chi connectivity index (χ1) is 9.22. The van der Waals surface area contributed by atoms with Gasteiger partial charge in [-0.3, -0.25) is 4.79 Å². The van der Waals surface area contributed by atoms with E-state index in [1.165, 1.54) is 0 Å². The third-order valence-corrected chi connectivity index (χ3v) is 3.53. The molecule has 0 atom stereocenters.